The van der Waals surface area contributed by atoms with Crippen molar-refractivity contribution in [2.45, 2.75) is 46.7 Å². The highest BCUT2D eigenvalue weighted by Gasteiger charge is 2.20. The molecular formula is C27H31F2N9. The molecule has 3 aromatic heterocycles. The second-order valence-electron chi connectivity index (χ2n) is 9.82. The number of imidazole rings is 1. The number of pyridine rings is 1. The topological polar surface area (TPSA) is 110 Å². The van der Waals surface area contributed by atoms with Crippen LogP contribution in [0.15, 0.2) is 35.5 Å². The van der Waals surface area contributed by atoms with Crippen LogP contribution in [0.5, 0.6) is 0 Å². The number of amidine groups is 1. The molecule has 0 radical (unpaired) electrons. The van der Waals surface area contributed by atoms with Crippen LogP contribution in [0.1, 0.15) is 43.9 Å². The summed E-state index contributed by atoms with van der Waals surface area (Å²) in [5.74, 6) is 0.854. The number of rotatable bonds is 7. The highest BCUT2D eigenvalue weighted by molar-refractivity contribution is 5.83. The first-order chi connectivity index (χ1) is 18.2. The van der Waals surface area contributed by atoms with Crippen LogP contribution in [0.25, 0.3) is 22.3 Å². The fourth-order valence-corrected chi connectivity index (χ4v) is 4.90. The summed E-state index contributed by atoms with van der Waals surface area (Å²) in [7, 11) is 0. The number of aromatic nitrogens is 5. The van der Waals surface area contributed by atoms with E-state index < -0.39 is 11.6 Å². The number of fused-ring (bicyclic) bond motifs is 2. The summed E-state index contributed by atoms with van der Waals surface area (Å²) in [6.45, 7) is 10.8. The monoisotopic (exact) mass is 519 g/mol. The molecule has 4 heterocycles. The summed E-state index contributed by atoms with van der Waals surface area (Å²) in [4.78, 5) is 24.1. The van der Waals surface area contributed by atoms with E-state index in [0.29, 0.717) is 35.1 Å². The van der Waals surface area contributed by atoms with Crippen LogP contribution >= 0.6 is 0 Å². The Kier molecular flexibility index (Phi) is 7.02. The van der Waals surface area contributed by atoms with E-state index in [4.69, 9.17) is 10.7 Å². The Morgan fingerprint density at radius 3 is 2.74 bits per heavy atom. The molecule has 1 aromatic carbocycles. The molecule has 0 atom stereocenters. The van der Waals surface area contributed by atoms with Gasteiger partial charge in [-0.05, 0) is 51.5 Å². The minimum atomic E-state index is -0.644. The largest absolute Gasteiger partial charge is 0.388 e. The van der Waals surface area contributed by atoms with E-state index in [1.165, 1.54) is 6.07 Å². The Hall–Kier alpha value is -3.99. The van der Waals surface area contributed by atoms with Gasteiger partial charge < -0.3 is 15.6 Å². The van der Waals surface area contributed by atoms with Gasteiger partial charge in [-0.1, -0.05) is 6.07 Å². The average Bonchev–Trinajstić information content (AvgIpc) is 3.21. The summed E-state index contributed by atoms with van der Waals surface area (Å²) in [5, 5.41) is 3.08. The molecule has 9 nitrogen and oxygen atoms in total. The SMILES string of the molecule is CC(N)=NCCN1CCc2nc(Nc3ncc(F)c(-c4cc(F)c5nc(C)n(C(C)C)c5c4)n3)ccc2C1. The van der Waals surface area contributed by atoms with Gasteiger partial charge >= 0.3 is 0 Å². The number of aliphatic imine (C=N–C) groups is 1. The molecule has 198 valence electrons. The van der Waals surface area contributed by atoms with Crippen molar-refractivity contribution in [2.24, 2.45) is 10.7 Å². The van der Waals surface area contributed by atoms with Gasteiger partial charge in [-0.15, -0.1) is 0 Å². The van der Waals surface area contributed by atoms with Gasteiger partial charge in [0.2, 0.25) is 5.95 Å². The molecule has 0 bridgehead atoms. The quantitative estimate of drug-likeness (QED) is 0.273. The number of hydrogen-bond donors (Lipinski definition) is 2. The minimum absolute atomic E-state index is 0.00133. The molecule has 0 aliphatic carbocycles. The predicted octanol–water partition coefficient (Wildman–Crippen LogP) is 4.53. The second kappa shape index (κ2) is 10.4. The summed E-state index contributed by atoms with van der Waals surface area (Å²) in [6, 6.07) is 6.92. The van der Waals surface area contributed by atoms with E-state index >= 15 is 0 Å². The van der Waals surface area contributed by atoms with Crippen LogP contribution < -0.4 is 11.1 Å². The van der Waals surface area contributed by atoms with Crippen LogP contribution in [0.4, 0.5) is 20.5 Å². The van der Waals surface area contributed by atoms with Crippen molar-refractivity contribution in [3.05, 3.63) is 59.2 Å². The molecule has 11 heteroatoms. The van der Waals surface area contributed by atoms with Crippen molar-refractivity contribution in [1.82, 2.24) is 29.4 Å². The maximum Gasteiger partial charge on any atom is 0.229 e. The zero-order valence-corrected chi connectivity index (χ0v) is 22.0. The molecule has 0 unspecified atom stereocenters. The smallest absolute Gasteiger partial charge is 0.229 e. The van der Waals surface area contributed by atoms with Crippen molar-refractivity contribution in [2.75, 3.05) is 25.0 Å². The maximum atomic E-state index is 15.0. The lowest BCUT2D eigenvalue weighted by Crippen LogP contribution is -2.33. The fourth-order valence-electron chi connectivity index (χ4n) is 4.90. The molecular weight excluding hydrogens is 488 g/mol. The van der Waals surface area contributed by atoms with Crippen molar-refractivity contribution >= 4 is 28.6 Å². The van der Waals surface area contributed by atoms with Gasteiger partial charge in [0.1, 0.15) is 22.9 Å². The zero-order chi connectivity index (χ0) is 27.0. The Morgan fingerprint density at radius 1 is 1.16 bits per heavy atom. The second-order valence-corrected chi connectivity index (χ2v) is 9.82. The van der Waals surface area contributed by atoms with Gasteiger partial charge in [0.15, 0.2) is 11.6 Å². The van der Waals surface area contributed by atoms with Gasteiger partial charge in [0.25, 0.3) is 0 Å². The number of nitrogens with zero attached hydrogens (tertiary/aromatic N) is 7. The fraction of sp³-hybridized carbons (Fsp3) is 0.370. The summed E-state index contributed by atoms with van der Waals surface area (Å²) < 4.78 is 31.8. The number of benzene rings is 1. The highest BCUT2D eigenvalue weighted by atomic mass is 19.1. The van der Waals surface area contributed by atoms with Crippen molar-refractivity contribution in [3.8, 4) is 11.3 Å². The summed E-state index contributed by atoms with van der Waals surface area (Å²) >= 11 is 0. The first kappa shape index (κ1) is 25.7. The standard InChI is InChI=1S/C27H31F2N9/c1-15(2)38-17(4)33-26-20(28)11-19(12-23(26)38)25-21(29)13-32-27(36-25)35-24-6-5-18-14-37(9-7-22(18)34-24)10-8-31-16(3)30/h5-6,11-13,15H,7-10,14H2,1-4H3,(H2,30,31)(H,32,34,35,36). The number of hydrogen-bond acceptors (Lipinski definition) is 7. The molecule has 5 rings (SSSR count). The lowest BCUT2D eigenvalue weighted by atomic mass is 10.1. The number of nitrogens with one attached hydrogen (secondary N) is 1. The van der Waals surface area contributed by atoms with Crippen LogP contribution in [0, 0.1) is 18.6 Å². The third-order valence-electron chi connectivity index (χ3n) is 6.60. The molecule has 38 heavy (non-hydrogen) atoms. The third kappa shape index (κ3) is 5.19. The van der Waals surface area contributed by atoms with Crippen molar-refractivity contribution in [3.63, 3.8) is 0 Å². The van der Waals surface area contributed by atoms with E-state index in [1.807, 2.05) is 37.5 Å². The molecule has 4 aromatic rings. The Labute approximate surface area is 219 Å². The molecule has 0 amide bonds. The maximum absolute atomic E-state index is 15.0. The number of aryl methyl sites for hydroxylation is 1. The van der Waals surface area contributed by atoms with Gasteiger partial charge in [-0.3, -0.25) is 9.89 Å². The lowest BCUT2D eigenvalue weighted by Gasteiger charge is -2.27. The zero-order valence-electron chi connectivity index (χ0n) is 22.0. The predicted molar refractivity (Wildman–Crippen MR) is 144 cm³/mol. The normalized spacial score (nSPS) is 14.3. The Morgan fingerprint density at radius 2 is 1.97 bits per heavy atom. The van der Waals surface area contributed by atoms with Gasteiger partial charge in [0, 0.05) is 43.4 Å². The van der Waals surface area contributed by atoms with Crippen molar-refractivity contribution < 1.29 is 8.78 Å². The molecule has 1 aliphatic rings. The average molecular weight is 520 g/mol. The van der Waals surface area contributed by atoms with E-state index in [-0.39, 0.29) is 23.2 Å². The highest BCUT2D eigenvalue weighted by Crippen LogP contribution is 2.30. The van der Waals surface area contributed by atoms with Crippen molar-refractivity contribution in [1.29, 1.82) is 0 Å². The van der Waals surface area contributed by atoms with E-state index in [9.17, 15) is 8.78 Å². The molecule has 0 saturated carbocycles. The van der Waals surface area contributed by atoms with E-state index in [0.717, 1.165) is 43.5 Å². The molecule has 0 fully saturated rings. The van der Waals surface area contributed by atoms with Gasteiger partial charge in [-0.2, -0.15) is 0 Å². The molecule has 0 saturated heterocycles. The van der Waals surface area contributed by atoms with E-state index in [1.54, 1.807) is 13.0 Å². The minimum Gasteiger partial charge on any atom is -0.388 e. The summed E-state index contributed by atoms with van der Waals surface area (Å²) in [5.41, 5.74) is 8.93. The molecule has 3 N–H and O–H groups in total. The Balaban J connectivity index is 1.38. The Bertz CT molecular complexity index is 1520. The number of halogens is 2. The van der Waals surface area contributed by atoms with Gasteiger partial charge in [-0.25, -0.2) is 28.7 Å². The number of anilines is 2. The first-order valence-electron chi connectivity index (χ1n) is 12.6. The molecule has 0 spiro atoms. The lowest BCUT2D eigenvalue weighted by molar-refractivity contribution is 0.259. The van der Waals surface area contributed by atoms with E-state index in [2.05, 4.69) is 30.2 Å². The first-order valence-corrected chi connectivity index (χ1v) is 12.6. The van der Waals surface area contributed by atoms with Crippen LogP contribution in [-0.4, -0.2) is 54.9 Å². The van der Waals surface area contributed by atoms with Gasteiger partial charge in [0.05, 0.1) is 24.1 Å². The summed E-state index contributed by atoms with van der Waals surface area (Å²) in [6.07, 6.45) is 1.88. The van der Waals surface area contributed by atoms with Crippen LogP contribution in [0.2, 0.25) is 0 Å². The third-order valence-corrected chi connectivity index (χ3v) is 6.60. The van der Waals surface area contributed by atoms with Crippen LogP contribution in [-0.2, 0) is 13.0 Å². The number of nitrogens with two attached hydrogens (primary N) is 1. The molecule has 1 aliphatic heterocycles. The van der Waals surface area contributed by atoms with Crippen LogP contribution in [0.3, 0.4) is 0 Å².